The molecule has 116 valence electrons. The highest BCUT2D eigenvalue weighted by Gasteiger charge is 2.31. The molecule has 1 aromatic carbocycles. The number of aryl methyl sites for hydroxylation is 1. The molecule has 0 bridgehead atoms. The van der Waals surface area contributed by atoms with Gasteiger partial charge in [-0.05, 0) is 25.1 Å². The summed E-state index contributed by atoms with van der Waals surface area (Å²) in [6.45, 7) is 2.38. The van der Waals surface area contributed by atoms with Gasteiger partial charge in [0.1, 0.15) is 5.82 Å². The summed E-state index contributed by atoms with van der Waals surface area (Å²) >= 11 is 5.76. The first-order valence-corrected chi connectivity index (χ1v) is 7.05. The van der Waals surface area contributed by atoms with E-state index in [4.69, 9.17) is 16.3 Å². The van der Waals surface area contributed by atoms with Crippen molar-refractivity contribution in [3.8, 4) is 0 Å². The molecule has 1 aromatic heterocycles. The Morgan fingerprint density at radius 1 is 1.38 bits per heavy atom. The molecule has 0 amide bonds. The molecule has 0 saturated heterocycles. The molecular weight excluding hydrogens is 305 g/mol. The second kappa shape index (κ2) is 6.23. The minimum absolute atomic E-state index is 0.0325. The van der Waals surface area contributed by atoms with Gasteiger partial charge in [0, 0.05) is 19.4 Å². The van der Waals surface area contributed by atoms with E-state index in [-0.39, 0.29) is 6.04 Å². The average molecular weight is 321 g/mol. The molecule has 1 heterocycles. The first-order valence-electron chi connectivity index (χ1n) is 6.51. The molecular formula is C14H16ClF3N2O. The molecule has 0 N–H and O–H groups in total. The standard InChI is InChI=1S/C14H16ClF3N2O/c1-9(8-21-2)20-12-4-3-10(14(16,17)18)7-11(12)19-13(20)5-6-15/h3-4,7,9H,5-6,8H2,1-2H3. The summed E-state index contributed by atoms with van der Waals surface area (Å²) in [4.78, 5) is 4.30. The third-order valence-corrected chi connectivity index (χ3v) is 3.45. The van der Waals surface area contributed by atoms with Crippen molar-refractivity contribution in [2.24, 2.45) is 0 Å². The zero-order valence-electron chi connectivity index (χ0n) is 11.7. The number of fused-ring (bicyclic) bond motifs is 1. The molecule has 21 heavy (non-hydrogen) atoms. The minimum Gasteiger partial charge on any atom is -0.383 e. The molecule has 0 radical (unpaired) electrons. The fourth-order valence-electron chi connectivity index (χ4n) is 2.39. The van der Waals surface area contributed by atoms with Crippen molar-refractivity contribution in [1.82, 2.24) is 9.55 Å². The number of nitrogens with zero attached hydrogens (tertiary/aromatic N) is 2. The maximum Gasteiger partial charge on any atom is 0.416 e. The maximum atomic E-state index is 12.8. The molecule has 0 saturated carbocycles. The van der Waals surface area contributed by atoms with Crippen molar-refractivity contribution < 1.29 is 17.9 Å². The van der Waals surface area contributed by atoms with Crippen LogP contribution < -0.4 is 0 Å². The van der Waals surface area contributed by atoms with Gasteiger partial charge in [0.05, 0.1) is 29.2 Å². The number of halogens is 4. The summed E-state index contributed by atoms with van der Waals surface area (Å²) in [6, 6.07) is 3.57. The van der Waals surface area contributed by atoms with Crippen molar-refractivity contribution in [3.05, 3.63) is 29.6 Å². The SMILES string of the molecule is COCC(C)n1c(CCCl)nc2cc(C(F)(F)F)ccc21. The summed E-state index contributed by atoms with van der Waals surface area (Å²) < 4.78 is 45.3. The van der Waals surface area contributed by atoms with Crippen LogP contribution in [0.4, 0.5) is 13.2 Å². The van der Waals surface area contributed by atoms with Gasteiger partial charge in [-0.25, -0.2) is 4.98 Å². The van der Waals surface area contributed by atoms with Crippen LogP contribution >= 0.6 is 11.6 Å². The molecule has 7 heteroatoms. The lowest BCUT2D eigenvalue weighted by atomic mass is 10.2. The Kier molecular flexibility index (Phi) is 4.78. The quantitative estimate of drug-likeness (QED) is 0.777. The maximum absolute atomic E-state index is 12.8. The van der Waals surface area contributed by atoms with Crippen LogP contribution in [-0.4, -0.2) is 29.1 Å². The molecule has 2 rings (SSSR count). The molecule has 0 aliphatic carbocycles. The first-order chi connectivity index (χ1) is 9.88. The highest BCUT2D eigenvalue weighted by atomic mass is 35.5. The van der Waals surface area contributed by atoms with Crippen molar-refractivity contribution in [3.63, 3.8) is 0 Å². The zero-order chi connectivity index (χ0) is 15.6. The van der Waals surface area contributed by atoms with E-state index in [1.807, 2.05) is 11.5 Å². The van der Waals surface area contributed by atoms with E-state index < -0.39 is 11.7 Å². The van der Waals surface area contributed by atoms with Crippen LogP contribution in [0.3, 0.4) is 0 Å². The Bertz CT molecular complexity index is 624. The van der Waals surface area contributed by atoms with Crippen molar-refractivity contribution in [2.75, 3.05) is 19.6 Å². The summed E-state index contributed by atoms with van der Waals surface area (Å²) in [6.07, 6.45) is -3.88. The highest BCUT2D eigenvalue weighted by Crippen LogP contribution is 2.32. The molecule has 3 nitrogen and oxygen atoms in total. The topological polar surface area (TPSA) is 27.1 Å². The van der Waals surface area contributed by atoms with Gasteiger partial charge in [-0.3, -0.25) is 0 Å². The van der Waals surface area contributed by atoms with Crippen molar-refractivity contribution in [2.45, 2.75) is 25.6 Å². The van der Waals surface area contributed by atoms with Crippen LogP contribution in [0.5, 0.6) is 0 Å². The van der Waals surface area contributed by atoms with E-state index >= 15 is 0 Å². The van der Waals surface area contributed by atoms with Crippen molar-refractivity contribution >= 4 is 22.6 Å². The Labute approximate surface area is 125 Å². The van der Waals surface area contributed by atoms with E-state index in [1.54, 1.807) is 7.11 Å². The van der Waals surface area contributed by atoms with E-state index in [1.165, 1.54) is 6.07 Å². The number of hydrogen-bond donors (Lipinski definition) is 0. The second-order valence-electron chi connectivity index (χ2n) is 4.84. The van der Waals surface area contributed by atoms with Gasteiger partial charge in [0.2, 0.25) is 0 Å². The van der Waals surface area contributed by atoms with Crippen LogP contribution in [0, 0.1) is 0 Å². The van der Waals surface area contributed by atoms with E-state index in [9.17, 15) is 13.2 Å². The van der Waals surface area contributed by atoms with Gasteiger partial charge in [0.15, 0.2) is 0 Å². The lowest BCUT2D eigenvalue weighted by molar-refractivity contribution is -0.137. The number of aromatic nitrogens is 2. The minimum atomic E-state index is -4.37. The van der Waals surface area contributed by atoms with Crippen LogP contribution in [0.1, 0.15) is 24.4 Å². The first kappa shape index (κ1) is 16.1. The number of benzene rings is 1. The Hall–Kier alpha value is -1.27. The third kappa shape index (κ3) is 3.32. The van der Waals surface area contributed by atoms with Gasteiger partial charge in [-0.15, -0.1) is 11.6 Å². The van der Waals surface area contributed by atoms with Crippen LogP contribution in [0.25, 0.3) is 11.0 Å². The Morgan fingerprint density at radius 3 is 2.67 bits per heavy atom. The molecule has 0 aliphatic rings. The normalized spacial score (nSPS) is 13.8. The average Bonchev–Trinajstić information content (AvgIpc) is 2.75. The second-order valence-corrected chi connectivity index (χ2v) is 5.22. The molecule has 1 atom stereocenters. The fourth-order valence-corrected chi connectivity index (χ4v) is 2.56. The van der Waals surface area contributed by atoms with Gasteiger partial charge < -0.3 is 9.30 Å². The number of ether oxygens (including phenoxy) is 1. The van der Waals surface area contributed by atoms with Gasteiger partial charge >= 0.3 is 6.18 Å². The predicted molar refractivity (Wildman–Crippen MR) is 75.7 cm³/mol. The van der Waals surface area contributed by atoms with E-state index in [0.717, 1.165) is 12.1 Å². The molecule has 0 fully saturated rings. The van der Waals surface area contributed by atoms with E-state index in [0.29, 0.717) is 35.8 Å². The molecule has 0 aliphatic heterocycles. The number of hydrogen-bond acceptors (Lipinski definition) is 2. The van der Waals surface area contributed by atoms with Gasteiger partial charge in [-0.2, -0.15) is 13.2 Å². The molecule has 2 aromatic rings. The van der Waals surface area contributed by atoms with Crippen LogP contribution in [0.15, 0.2) is 18.2 Å². The number of imidazole rings is 1. The number of methoxy groups -OCH3 is 1. The largest absolute Gasteiger partial charge is 0.416 e. The molecule has 0 spiro atoms. The zero-order valence-corrected chi connectivity index (χ0v) is 12.5. The summed E-state index contributed by atoms with van der Waals surface area (Å²) in [5.41, 5.74) is 0.289. The number of rotatable bonds is 5. The fraction of sp³-hybridized carbons (Fsp3) is 0.500. The predicted octanol–water partition coefficient (Wildman–Crippen LogP) is 4.04. The Balaban J connectivity index is 2.57. The van der Waals surface area contributed by atoms with E-state index in [2.05, 4.69) is 4.98 Å². The summed E-state index contributed by atoms with van der Waals surface area (Å²) in [7, 11) is 1.58. The Morgan fingerprint density at radius 2 is 2.10 bits per heavy atom. The smallest absolute Gasteiger partial charge is 0.383 e. The molecule has 1 unspecified atom stereocenters. The summed E-state index contributed by atoms with van der Waals surface area (Å²) in [5.74, 6) is 1.03. The van der Waals surface area contributed by atoms with Crippen molar-refractivity contribution in [1.29, 1.82) is 0 Å². The van der Waals surface area contributed by atoms with Gasteiger partial charge in [-0.1, -0.05) is 0 Å². The third-order valence-electron chi connectivity index (χ3n) is 3.26. The lowest BCUT2D eigenvalue weighted by Crippen LogP contribution is -2.14. The monoisotopic (exact) mass is 320 g/mol. The van der Waals surface area contributed by atoms with Crippen LogP contribution in [0.2, 0.25) is 0 Å². The van der Waals surface area contributed by atoms with Crippen LogP contribution in [-0.2, 0) is 17.3 Å². The lowest BCUT2D eigenvalue weighted by Gasteiger charge is -2.16. The summed E-state index contributed by atoms with van der Waals surface area (Å²) in [5, 5.41) is 0. The van der Waals surface area contributed by atoms with Gasteiger partial charge in [0.25, 0.3) is 0 Å². The number of alkyl halides is 4. The highest BCUT2D eigenvalue weighted by molar-refractivity contribution is 6.17.